The van der Waals surface area contributed by atoms with E-state index < -0.39 is 5.60 Å². The molecule has 2 N–H and O–H groups in total. The second-order valence-electron chi connectivity index (χ2n) is 3.77. The van der Waals surface area contributed by atoms with Gasteiger partial charge in [0.15, 0.2) is 0 Å². The fourth-order valence-electron chi connectivity index (χ4n) is 1.71. The first-order valence-corrected chi connectivity index (χ1v) is 5.36. The van der Waals surface area contributed by atoms with Gasteiger partial charge < -0.3 is 14.8 Å². The number of hydrogen-bond donors (Lipinski definition) is 2. The number of aromatic hydroxyl groups is 1. The summed E-state index contributed by atoms with van der Waals surface area (Å²) < 4.78 is 5.43. The quantitative estimate of drug-likeness (QED) is 0.814. The van der Waals surface area contributed by atoms with Gasteiger partial charge >= 0.3 is 0 Å². The first-order chi connectivity index (χ1) is 7.50. The van der Waals surface area contributed by atoms with Gasteiger partial charge in [-0.2, -0.15) is 4.98 Å². The van der Waals surface area contributed by atoms with Crippen LogP contribution in [0.15, 0.2) is 4.79 Å². The highest BCUT2D eigenvalue weighted by Crippen LogP contribution is 2.30. The fourth-order valence-corrected chi connectivity index (χ4v) is 1.71. The molecule has 0 atom stereocenters. The molecule has 0 radical (unpaired) electrons. The fraction of sp³-hybridized carbons (Fsp3) is 0.636. The van der Waals surface area contributed by atoms with E-state index in [2.05, 4.69) is 9.97 Å². The number of aromatic nitrogens is 2. The third kappa shape index (κ3) is 1.95. The minimum absolute atomic E-state index is 0.223. The molecule has 0 unspecified atom stereocenters. The zero-order valence-corrected chi connectivity index (χ0v) is 10.1. The van der Waals surface area contributed by atoms with Crippen LogP contribution < -0.4 is 5.56 Å². The van der Waals surface area contributed by atoms with Crippen molar-refractivity contribution in [2.24, 2.45) is 0 Å². The number of hydrogen-bond acceptors (Lipinski definition) is 4. The number of methoxy groups -OCH3 is 1. The third-order valence-electron chi connectivity index (χ3n) is 3.09. The molecule has 1 aromatic rings. The first-order valence-electron chi connectivity index (χ1n) is 5.36. The van der Waals surface area contributed by atoms with Gasteiger partial charge in [-0.25, -0.2) is 0 Å². The molecule has 0 saturated heterocycles. The van der Waals surface area contributed by atoms with Crippen LogP contribution in [0.4, 0.5) is 0 Å². The van der Waals surface area contributed by atoms with Crippen molar-refractivity contribution in [2.75, 3.05) is 7.11 Å². The van der Waals surface area contributed by atoms with Crippen LogP contribution in [0.25, 0.3) is 0 Å². The van der Waals surface area contributed by atoms with Crippen LogP contribution in [-0.4, -0.2) is 22.2 Å². The summed E-state index contributed by atoms with van der Waals surface area (Å²) in [6.45, 7) is 5.42. The standard InChI is InChI=1S/C11H18N2O3/c1-5-11(6-2,16-4)10-12-8(14)7(3)9(15)13-10/h5-6H2,1-4H3,(H2,12,13,14,15). The van der Waals surface area contributed by atoms with Crippen molar-refractivity contribution < 1.29 is 9.84 Å². The second-order valence-corrected chi connectivity index (χ2v) is 3.77. The van der Waals surface area contributed by atoms with Crippen LogP contribution in [-0.2, 0) is 10.3 Å². The predicted molar refractivity (Wildman–Crippen MR) is 60.5 cm³/mol. The van der Waals surface area contributed by atoms with Crippen LogP contribution in [0.2, 0.25) is 0 Å². The number of H-pyrrole nitrogens is 1. The molecule has 5 heteroatoms. The Morgan fingerprint density at radius 1 is 1.44 bits per heavy atom. The van der Waals surface area contributed by atoms with E-state index in [0.29, 0.717) is 18.7 Å². The van der Waals surface area contributed by atoms with Gasteiger partial charge in [-0.05, 0) is 19.8 Å². The molecule has 0 aliphatic rings. The maximum absolute atomic E-state index is 11.5. The number of nitrogens with one attached hydrogen (secondary N) is 1. The zero-order chi connectivity index (χ0) is 12.3. The molecule has 0 spiro atoms. The van der Waals surface area contributed by atoms with Crippen LogP contribution in [0.3, 0.4) is 0 Å². The molecule has 1 rings (SSSR count). The van der Waals surface area contributed by atoms with E-state index in [0.717, 1.165) is 0 Å². The van der Waals surface area contributed by atoms with Crippen molar-refractivity contribution in [1.82, 2.24) is 9.97 Å². The maximum Gasteiger partial charge on any atom is 0.257 e. The van der Waals surface area contributed by atoms with Gasteiger partial charge in [0.2, 0.25) is 5.88 Å². The van der Waals surface area contributed by atoms with E-state index in [1.54, 1.807) is 7.11 Å². The average Bonchev–Trinajstić information content (AvgIpc) is 2.29. The summed E-state index contributed by atoms with van der Waals surface area (Å²) >= 11 is 0. The molecular formula is C11H18N2O3. The van der Waals surface area contributed by atoms with Crippen molar-refractivity contribution in [3.8, 4) is 5.88 Å². The van der Waals surface area contributed by atoms with Gasteiger partial charge in [0.25, 0.3) is 5.56 Å². The Balaban J connectivity index is 3.37. The molecule has 0 amide bonds. The normalized spacial score (nSPS) is 11.8. The van der Waals surface area contributed by atoms with Crippen molar-refractivity contribution in [2.45, 2.75) is 39.2 Å². The Morgan fingerprint density at radius 2 is 2.00 bits per heavy atom. The van der Waals surface area contributed by atoms with Crippen LogP contribution in [0.1, 0.15) is 38.1 Å². The monoisotopic (exact) mass is 226 g/mol. The Labute approximate surface area is 94.5 Å². The lowest BCUT2D eigenvalue weighted by atomic mass is 9.96. The van der Waals surface area contributed by atoms with Crippen molar-refractivity contribution >= 4 is 0 Å². The molecule has 0 aliphatic heterocycles. The molecule has 1 heterocycles. The van der Waals surface area contributed by atoms with E-state index in [4.69, 9.17) is 4.74 Å². The number of aromatic amines is 1. The Bertz CT molecular complexity index is 413. The Morgan fingerprint density at radius 3 is 2.38 bits per heavy atom. The van der Waals surface area contributed by atoms with Gasteiger partial charge in [0.1, 0.15) is 11.4 Å². The van der Waals surface area contributed by atoms with E-state index in [-0.39, 0.29) is 17.0 Å². The smallest absolute Gasteiger partial charge is 0.257 e. The van der Waals surface area contributed by atoms with E-state index in [9.17, 15) is 9.90 Å². The summed E-state index contributed by atoms with van der Waals surface area (Å²) in [6.07, 6.45) is 1.34. The highest BCUT2D eigenvalue weighted by molar-refractivity contribution is 5.22. The second kappa shape index (κ2) is 4.65. The van der Waals surface area contributed by atoms with Crippen molar-refractivity contribution in [3.63, 3.8) is 0 Å². The lowest BCUT2D eigenvalue weighted by Crippen LogP contribution is -2.32. The maximum atomic E-state index is 11.5. The lowest BCUT2D eigenvalue weighted by Gasteiger charge is -2.28. The Kier molecular flexibility index (Phi) is 3.70. The molecular weight excluding hydrogens is 208 g/mol. The predicted octanol–water partition coefficient (Wildman–Crippen LogP) is 1.45. The molecule has 0 saturated carbocycles. The molecule has 0 fully saturated rings. The molecule has 1 aromatic heterocycles. The summed E-state index contributed by atoms with van der Waals surface area (Å²) in [4.78, 5) is 18.2. The molecule has 90 valence electrons. The van der Waals surface area contributed by atoms with Gasteiger partial charge in [-0.3, -0.25) is 4.79 Å². The summed E-state index contributed by atoms with van der Waals surface area (Å²) in [5.41, 5.74) is -0.739. The minimum atomic E-state index is -0.635. The van der Waals surface area contributed by atoms with Crippen LogP contribution in [0.5, 0.6) is 5.88 Å². The van der Waals surface area contributed by atoms with Crippen LogP contribution >= 0.6 is 0 Å². The third-order valence-corrected chi connectivity index (χ3v) is 3.09. The zero-order valence-electron chi connectivity index (χ0n) is 10.1. The van der Waals surface area contributed by atoms with Gasteiger partial charge in [-0.15, -0.1) is 0 Å². The highest BCUT2D eigenvalue weighted by atomic mass is 16.5. The van der Waals surface area contributed by atoms with Gasteiger partial charge in [0.05, 0.1) is 5.56 Å². The molecule has 16 heavy (non-hydrogen) atoms. The summed E-state index contributed by atoms with van der Waals surface area (Å²) in [6, 6.07) is 0. The van der Waals surface area contributed by atoms with Gasteiger partial charge in [0, 0.05) is 7.11 Å². The minimum Gasteiger partial charge on any atom is -0.493 e. The summed E-state index contributed by atoms with van der Waals surface area (Å²) in [7, 11) is 1.57. The summed E-state index contributed by atoms with van der Waals surface area (Å²) in [5, 5.41) is 9.54. The van der Waals surface area contributed by atoms with Gasteiger partial charge in [-0.1, -0.05) is 13.8 Å². The molecule has 0 bridgehead atoms. The number of rotatable bonds is 4. The molecule has 5 nitrogen and oxygen atoms in total. The SMILES string of the molecule is CCC(CC)(OC)c1nc(O)c(C)c(=O)[nH]1. The van der Waals surface area contributed by atoms with E-state index in [1.807, 2.05) is 13.8 Å². The summed E-state index contributed by atoms with van der Waals surface area (Å²) in [5.74, 6) is 0.148. The largest absolute Gasteiger partial charge is 0.493 e. The van der Waals surface area contributed by atoms with Crippen LogP contribution in [0, 0.1) is 6.92 Å². The lowest BCUT2D eigenvalue weighted by molar-refractivity contribution is -0.0297. The average molecular weight is 226 g/mol. The first kappa shape index (κ1) is 12.7. The van der Waals surface area contributed by atoms with E-state index in [1.165, 1.54) is 6.92 Å². The van der Waals surface area contributed by atoms with Crippen molar-refractivity contribution in [3.05, 3.63) is 21.7 Å². The number of nitrogens with zero attached hydrogens (tertiary/aromatic N) is 1. The molecule has 0 aromatic carbocycles. The number of ether oxygens (including phenoxy) is 1. The highest BCUT2D eigenvalue weighted by Gasteiger charge is 2.31. The van der Waals surface area contributed by atoms with Crippen molar-refractivity contribution in [1.29, 1.82) is 0 Å². The molecule has 0 aliphatic carbocycles. The van der Waals surface area contributed by atoms with E-state index >= 15 is 0 Å². The topological polar surface area (TPSA) is 75.2 Å². The Hall–Kier alpha value is -1.36.